The summed E-state index contributed by atoms with van der Waals surface area (Å²) in [5, 5.41) is 13.4. The van der Waals surface area contributed by atoms with Gasteiger partial charge < -0.3 is 15.1 Å². The summed E-state index contributed by atoms with van der Waals surface area (Å²) in [6, 6.07) is 4.80. The second kappa shape index (κ2) is 16.6. The maximum Gasteiger partial charge on any atom is 0.329 e. The number of aryl methyl sites for hydroxylation is 1. The highest BCUT2D eigenvalue weighted by Crippen LogP contribution is 2.40. The number of rotatable bonds is 10. The molecule has 4 fully saturated rings. The molecule has 4 aromatic heterocycles. The number of anilines is 3. The lowest BCUT2D eigenvalue weighted by Gasteiger charge is -2.44. The summed E-state index contributed by atoms with van der Waals surface area (Å²) in [7, 11) is 3.27. The first-order chi connectivity index (χ1) is 30.5. The molecule has 2 unspecified atom stereocenters. The molecule has 3 amide bonds. The van der Waals surface area contributed by atoms with Crippen molar-refractivity contribution < 1.29 is 31.9 Å². The normalized spacial score (nSPS) is 24.0. The highest BCUT2D eigenvalue weighted by atomic mass is 19.3. The Morgan fingerprint density at radius 3 is 2.45 bits per heavy atom. The van der Waals surface area contributed by atoms with Crippen LogP contribution in [-0.4, -0.2) is 108 Å². The van der Waals surface area contributed by atoms with Crippen LogP contribution in [0.15, 0.2) is 47.7 Å². The van der Waals surface area contributed by atoms with E-state index < -0.39 is 60.1 Å². The minimum atomic E-state index is -3.11. The molecule has 3 saturated heterocycles. The number of aromatic nitrogens is 7. The molecule has 3 aliphatic heterocycles. The smallest absolute Gasteiger partial charge is 0.329 e. The van der Waals surface area contributed by atoms with Gasteiger partial charge in [0, 0.05) is 52.0 Å². The van der Waals surface area contributed by atoms with Gasteiger partial charge in [-0.1, -0.05) is 19.9 Å². The van der Waals surface area contributed by atoms with Crippen LogP contribution < -0.4 is 26.1 Å². The van der Waals surface area contributed by atoms with Crippen LogP contribution in [0.4, 0.5) is 34.8 Å². The van der Waals surface area contributed by atoms with E-state index in [-0.39, 0.29) is 47.9 Å². The lowest BCUT2D eigenvalue weighted by atomic mass is 9.83. The number of benzene rings is 1. The zero-order valence-electron chi connectivity index (χ0n) is 36.4. The van der Waals surface area contributed by atoms with Gasteiger partial charge in [-0.05, 0) is 87.9 Å². The Morgan fingerprint density at radius 1 is 1.00 bits per heavy atom. The van der Waals surface area contributed by atoms with Crippen molar-refractivity contribution in [2.75, 3.05) is 54.9 Å². The molecule has 4 aliphatic rings. The fourth-order valence-electron chi connectivity index (χ4n) is 10.3. The quantitative estimate of drug-likeness (QED) is 0.127. The molecule has 7 heterocycles. The number of imide groups is 1. The van der Waals surface area contributed by atoms with Crippen molar-refractivity contribution in [1.82, 2.24) is 43.7 Å². The summed E-state index contributed by atoms with van der Waals surface area (Å²) < 4.78 is 66.8. The molecule has 20 heteroatoms. The first kappa shape index (κ1) is 43.5. The third kappa shape index (κ3) is 8.13. The van der Waals surface area contributed by atoms with Gasteiger partial charge in [0.15, 0.2) is 11.3 Å². The van der Waals surface area contributed by atoms with E-state index in [1.54, 1.807) is 48.3 Å². The minimum Gasteiger partial charge on any atom is -0.364 e. The van der Waals surface area contributed by atoms with Gasteiger partial charge in [0.05, 0.1) is 47.2 Å². The van der Waals surface area contributed by atoms with E-state index in [9.17, 15) is 28.0 Å². The van der Waals surface area contributed by atoms with Gasteiger partial charge in [-0.2, -0.15) is 10.2 Å². The van der Waals surface area contributed by atoms with Gasteiger partial charge >= 0.3 is 5.69 Å². The van der Waals surface area contributed by atoms with Crippen LogP contribution in [0.25, 0.3) is 16.7 Å². The predicted molar refractivity (Wildman–Crippen MR) is 231 cm³/mol. The third-order valence-electron chi connectivity index (χ3n) is 14.0. The molecule has 1 aliphatic carbocycles. The Morgan fingerprint density at radius 2 is 1.75 bits per heavy atom. The molecular weight excluding hydrogens is 837 g/mol. The fourth-order valence-corrected chi connectivity index (χ4v) is 10.3. The first-order valence-electron chi connectivity index (χ1n) is 22.1. The molecule has 1 saturated carbocycles. The zero-order valence-corrected chi connectivity index (χ0v) is 36.4. The SMILES string of the molecule is CN(C[C@H]1CC[C@H](n2cc(NC(=O)c3cnn4ccc(N5CCC(C)(C)CC5)nc34)c(C(F)F)n2)CC1)C1CCN(c2cccc3c2n(C)c(=O)n3C2CCC(=O)NC2=O)CC1(F)F. The summed E-state index contributed by atoms with van der Waals surface area (Å²) >= 11 is 0. The van der Waals surface area contributed by atoms with Crippen molar-refractivity contribution in [3.63, 3.8) is 0 Å². The maximum absolute atomic E-state index is 16.2. The molecule has 0 radical (unpaired) electrons. The van der Waals surface area contributed by atoms with Crippen molar-refractivity contribution in [2.24, 2.45) is 18.4 Å². The summed E-state index contributed by atoms with van der Waals surface area (Å²) in [5.74, 6) is -3.88. The van der Waals surface area contributed by atoms with Crippen LogP contribution in [0, 0.1) is 11.3 Å². The molecule has 64 heavy (non-hydrogen) atoms. The third-order valence-corrected chi connectivity index (χ3v) is 14.0. The number of fused-ring (bicyclic) bond motifs is 2. The van der Waals surface area contributed by atoms with Gasteiger partial charge in [-0.3, -0.25) is 38.4 Å². The first-order valence-corrected chi connectivity index (χ1v) is 22.1. The molecular formula is C44H54F4N12O4. The number of carbonyl (C=O) groups is 3. The Balaban J connectivity index is 0.824. The Kier molecular flexibility index (Phi) is 11.3. The van der Waals surface area contributed by atoms with E-state index in [0.29, 0.717) is 61.1 Å². The van der Waals surface area contributed by atoms with Crippen molar-refractivity contribution in [1.29, 1.82) is 0 Å². The number of hydrogen-bond acceptors (Lipinski definition) is 10. The van der Waals surface area contributed by atoms with Crippen molar-refractivity contribution >= 4 is 51.6 Å². The number of amides is 3. The van der Waals surface area contributed by atoms with E-state index >= 15 is 8.78 Å². The number of hydrogen-bond donors (Lipinski definition) is 2. The van der Waals surface area contributed by atoms with Gasteiger partial charge in [-0.25, -0.2) is 31.9 Å². The van der Waals surface area contributed by atoms with Crippen LogP contribution in [-0.2, 0) is 16.6 Å². The van der Waals surface area contributed by atoms with E-state index in [1.165, 1.54) is 30.7 Å². The average molecular weight is 891 g/mol. The van der Waals surface area contributed by atoms with Crippen LogP contribution >= 0.6 is 0 Å². The zero-order chi connectivity index (χ0) is 45.2. The van der Waals surface area contributed by atoms with Crippen LogP contribution in [0.5, 0.6) is 0 Å². The lowest BCUT2D eigenvalue weighted by Crippen LogP contribution is -2.58. The summed E-state index contributed by atoms with van der Waals surface area (Å²) in [5.41, 5.74) is 0.981. The van der Waals surface area contributed by atoms with Crippen molar-refractivity contribution in [2.45, 2.75) is 102 Å². The van der Waals surface area contributed by atoms with E-state index in [1.807, 2.05) is 6.07 Å². The van der Waals surface area contributed by atoms with Crippen molar-refractivity contribution in [3.05, 3.63) is 64.6 Å². The van der Waals surface area contributed by atoms with E-state index in [2.05, 4.69) is 39.6 Å². The monoisotopic (exact) mass is 890 g/mol. The summed E-state index contributed by atoms with van der Waals surface area (Å²) in [6.07, 6.45) is 6.60. The van der Waals surface area contributed by atoms with Crippen LogP contribution in [0.3, 0.4) is 0 Å². The number of piperidine rings is 3. The highest BCUT2D eigenvalue weighted by Gasteiger charge is 2.47. The fraction of sp³-hybridized carbons (Fsp3) is 0.568. The second-order valence-electron chi connectivity index (χ2n) is 18.9. The number of para-hydroxylation sites is 1. The van der Waals surface area contributed by atoms with Gasteiger partial charge in [0.25, 0.3) is 18.3 Å². The Hall–Kier alpha value is -5.79. The molecule has 342 valence electrons. The predicted octanol–water partition coefficient (Wildman–Crippen LogP) is 5.95. The molecule has 0 bridgehead atoms. The number of halogens is 4. The number of alkyl halides is 4. The summed E-state index contributed by atoms with van der Waals surface area (Å²) in [6.45, 7) is 6.31. The molecule has 16 nitrogen and oxygen atoms in total. The van der Waals surface area contributed by atoms with E-state index in [0.717, 1.165) is 31.7 Å². The number of nitrogens with one attached hydrogen (secondary N) is 2. The average Bonchev–Trinajstić information content (AvgIpc) is 3.95. The molecule has 1 aromatic carbocycles. The minimum absolute atomic E-state index is 0.0884. The van der Waals surface area contributed by atoms with E-state index in [4.69, 9.17) is 4.98 Å². The summed E-state index contributed by atoms with van der Waals surface area (Å²) in [4.78, 5) is 61.8. The number of carbonyl (C=O) groups excluding carboxylic acids is 3. The molecule has 5 aromatic rings. The molecule has 2 N–H and O–H groups in total. The van der Waals surface area contributed by atoms with Crippen molar-refractivity contribution in [3.8, 4) is 0 Å². The molecule has 9 rings (SSSR count). The highest BCUT2D eigenvalue weighted by molar-refractivity contribution is 6.08. The Labute approximate surface area is 366 Å². The maximum atomic E-state index is 16.2. The molecule has 2 atom stereocenters. The van der Waals surface area contributed by atoms with Gasteiger partial charge in [-0.15, -0.1) is 0 Å². The van der Waals surface area contributed by atoms with Gasteiger partial charge in [0.1, 0.15) is 17.4 Å². The van der Waals surface area contributed by atoms with Gasteiger partial charge in [0.2, 0.25) is 11.8 Å². The number of imidazole rings is 1. The standard InChI is InChI=1S/C44H54F4N12O4/c1-43(2)16-20-56(21-17-43)34-15-19-58-39(51-34)28(22-49-58)40(62)50-29-24-59(53-36(29)38(45)46)27-10-8-26(9-11-27)23-54(3)33-14-18-57(25-44(33,47)48)30-6-5-7-31-37(30)55(4)42(64)60(31)32-12-13-35(61)52-41(32)63/h5-7,15,19,22,24,26-27,32-33,38H,8-14,16-18,20-21,23,25H2,1-4H3,(H,50,62)(H,52,61,63)/t26-,27-,32?,33?. The molecule has 0 spiro atoms. The largest absolute Gasteiger partial charge is 0.364 e. The number of nitrogens with zero attached hydrogens (tertiary/aromatic N) is 10. The lowest BCUT2D eigenvalue weighted by molar-refractivity contribution is -0.135. The topological polar surface area (TPSA) is 160 Å². The second-order valence-corrected chi connectivity index (χ2v) is 18.9. The van der Waals surface area contributed by atoms with Crippen LogP contribution in [0.2, 0.25) is 0 Å². The Bertz CT molecular complexity index is 2650. The van der Waals surface area contributed by atoms with Crippen LogP contribution in [0.1, 0.15) is 106 Å².